The molecule has 0 saturated carbocycles. The molecule has 0 aliphatic carbocycles. The third kappa shape index (κ3) is 2.12. The van der Waals surface area contributed by atoms with Gasteiger partial charge in [0.05, 0.1) is 17.9 Å². The van der Waals surface area contributed by atoms with Gasteiger partial charge in [-0.25, -0.2) is 0 Å². The van der Waals surface area contributed by atoms with Crippen LogP contribution < -0.4 is 5.73 Å². The molecule has 2 aromatic rings. The minimum atomic E-state index is 0.0616. The molecular formula is C16H18N2O2S. The largest absolute Gasteiger partial charge is 0.397 e. The first kappa shape index (κ1) is 13.1. The van der Waals surface area contributed by atoms with Gasteiger partial charge in [0.25, 0.3) is 5.91 Å². The molecule has 2 saturated heterocycles. The van der Waals surface area contributed by atoms with E-state index < -0.39 is 0 Å². The number of nitrogens with zero attached hydrogens (tertiary/aromatic N) is 1. The number of hydrogen-bond donors (Lipinski definition) is 1. The van der Waals surface area contributed by atoms with Crippen LogP contribution in [0.1, 0.15) is 28.1 Å². The highest BCUT2D eigenvalue weighted by atomic mass is 32.1. The summed E-state index contributed by atoms with van der Waals surface area (Å²) in [6.07, 6.45) is 2.56. The second kappa shape index (κ2) is 4.71. The summed E-state index contributed by atoms with van der Waals surface area (Å²) in [5.74, 6) is 0.0616. The number of morpholine rings is 1. The number of nitrogens with two attached hydrogens (primary N) is 1. The van der Waals surface area contributed by atoms with Gasteiger partial charge in [0.2, 0.25) is 0 Å². The van der Waals surface area contributed by atoms with Crippen LogP contribution in [0.5, 0.6) is 0 Å². The first-order valence-electron chi connectivity index (χ1n) is 7.35. The number of ether oxygens (including phenoxy) is 1. The van der Waals surface area contributed by atoms with Gasteiger partial charge in [-0.3, -0.25) is 4.79 Å². The lowest BCUT2D eigenvalue weighted by molar-refractivity contribution is -0.0301. The van der Waals surface area contributed by atoms with Crippen LogP contribution in [-0.4, -0.2) is 36.1 Å². The molecule has 4 rings (SSSR count). The molecule has 2 fully saturated rings. The quantitative estimate of drug-likeness (QED) is 0.881. The summed E-state index contributed by atoms with van der Waals surface area (Å²) in [6, 6.07) is 6.14. The van der Waals surface area contributed by atoms with Gasteiger partial charge in [-0.15, -0.1) is 11.3 Å². The Morgan fingerprint density at radius 3 is 2.76 bits per heavy atom. The number of amides is 1. The number of nitrogen functional groups attached to an aromatic ring is 1. The van der Waals surface area contributed by atoms with Crippen molar-refractivity contribution >= 4 is 33.0 Å². The average Bonchev–Trinajstić information content (AvgIpc) is 2.98. The Kier molecular flexibility index (Phi) is 2.94. The predicted octanol–water partition coefficient (Wildman–Crippen LogP) is 2.80. The fraction of sp³-hybridized carbons (Fsp3) is 0.438. The van der Waals surface area contributed by atoms with E-state index in [0.29, 0.717) is 23.7 Å². The topological polar surface area (TPSA) is 55.6 Å². The summed E-state index contributed by atoms with van der Waals surface area (Å²) < 4.78 is 6.89. The molecule has 0 radical (unpaired) electrons. The lowest BCUT2D eigenvalue weighted by Gasteiger charge is -2.31. The Bertz CT molecular complexity index is 712. The van der Waals surface area contributed by atoms with Crippen molar-refractivity contribution in [3.05, 3.63) is 28.6 Å². The number of carbonyl (C=O) groups excluding carboxylic acids is 1. The zero-order chi connectivity index (χ0) is 14.6. The minimum absolute atomic E-state index is 0.0616. The number of anilines is 1. The molecule has 21 heavy (non-hydrogen) atoms. The normalized spacial score (nSPS) is 24.7. The molecule has 0 spiro atoms. The van der Waals surface area contributed by atoms with Crippen molar-refractivity contribution in [2.45, 2.75) is 32.0 Å². The van der Waals surface area contributed by atoms with Crippen molar-refractivity contribution in [3.8, 4) is 0 Å². The molecule has 4 nitrogen and oxygen atoms in total. The van der Waals surface area contributed by atoms with E-state index in [-0.39, 0.29) is 18.1 Å². The van der Waals surface area contributed by atoms with Gasteiger partial charge in [0.15, 0.2) is 0 Å². The molecule has 1 aromatic carbocycles. The van der Waals surface area contributed by atoms with Crippen molar-refractivity contribution in [1.29, 1.82) is 0 Å². The smallest absolute Gasteiger partial charge is 0.266 e. The molecule has 2 atom stereocenters. The van der Waals surface area contributed by atoms with E-state index in [4.69, 9.17) is 10.5 Å². The molecule has 2 aliphatic heterocycles. The Morgan fingerprint density at radius 2 is 2.05 bits per heavy atom. The van der Waals surface area contributed by atoms with E-state index in [2.05, 4.69) is 13.0 Å². The molecule has 110 valence electrons. The minimum Gasteiger partial charge on any atom is -0.397 e. The van der Waals surface area contributed by atoms with Crippen molar-refractivity contribution in [2.75, 3.05) is 18.8 Å². The molecule has 2 unspecified atom stereocenters. The number of likely N-dealkylation sites (tertiary alicyclic amines) is 1. The van der Waals surface area contributed by atoms with Crippen LogP contribution in [0.25, 0.3) is 10.1 Å². The van der Waals surface area contributed by atoms with Gasteiger partial charge in [-0.05, 0) is 31.4 Å². The number of carbonyl (C=O) groups is 1. The number of benzene rings is 1. The molecular weight excluding hydrogens is 284 g/mol. The monoisotopic (exact) mass is 302 g/mol. The van der Waals surface area contributed by atoms with Crippen LogP contribution in [-0.2, 0) is 4.74 Å². The maximum Gasteiger partial charge on any atom is 0.266 e. The average molecular weight is 302 g/mol. The van der Waals surface area contributed by atoms with E-state index in [1.807, 2.05) is 17.0 Å². The Morgan fingerprint density at radius 1 is 1.33 bits per heavy atom. The third-order valence-electron chi connectivity index (χ3n) is 4.41. The zero-order valence-corrected chi connectivity index (χ0v) is 12.8. The lowest BCUT2D eigenvalue weighted by atomic mass is 10.1. The van der Waals surface area contributed by atoms with Crippen LogP contribution >= 0.6 is 11.3 Å². The van der Waals surface area contributed by atoms with E-state index in [0.717, 1.165) is 22.9 Å². The molecule has 2 bridgehead atoms. The summed E-state index contributed by atoms with van der Waals surface area (Å²) in [7, 11) is 0. The summed E-state index contributed by atoms with van der Waals surface area (Å²) in [5.41, 5.74) is 8.02. The van der Waals surface area contributed by atoms with E-state index in [1.165, 1.54) is 16.9 Å². The zero-order valence-electron chi connectivity index (χ0n) is 12.0. The van der Waals surface area contributed by atoms with Crippen molar-refractivity contribution in [2.24, 2.45) is 0 Å². The Labute approximate surface area is 127 Å². The highest BCUT2D eigenvalue weighted by Crippen LogP contribution is 2.36. The number of hydrogen-bond acceptors (Lipinski definition) is 4. The standard InChI is InChI=1S/C16H18N2O2S/c1-9-2-5-12-13(6-9)21-15(14(12)17)16(19)18-7-10-3-4-11(8-18)20-10/h2,5-6,10-11H,3-4,7-8,17H2,1H3. The number of rotatable bonds is 1. The first-order valence-corrected chi connectivity index (χ1v) is 8.17. The van der Waals surface area contributed by atoms with Crippen molar-refractivity contribution < 1.29 is 9.53 Å². The highest BCUT2D eigenvalue weighted by molar-refractivity contribution is 7.21. The predicted molar refractivity (Wildman–Crippen MR) is 84.8 cm³/mol. The van der Waals surface area contributed by atoms with Crippen molar-refractivity contribution in [1.82, 2.24) is 4.90 Å². The van der Waals surface area contributed by atoms with Crippen LogP contribution in [0.4, 0.5) is 5.69 Å². The van der Waals surface area contributed by atoms with Crippen LogP contribution in [0, 0.1) is 6.92 Å². The Hall–Kier alpha value is -1.59. The Balaban J connectivity index is 1.69. The van der Waals surface area contributed by atoms with Crippen LogP contribution in [0.3, 0.4) is 0 Å². The van der Waals surface area contributed by atoms with Crippen molar-refractivity contribution in [3.63, 3.8) is 0 Å². The SMILES string of the molecule is Cc1ccc2c(N)c(C(=O)N3CC4CCC(C3)O4)sc2c1. The number of fused-ring (bicyclic) bond motifs is 3. The van der Waals surface area contributed by atoms with E-state index in [1.54, 1.807) is 0 Å². The van der Waals surface area contributed by atoms with Crippen LogP contribution in [0.15, 0.2) is 18.2 Å². The van der Waals surface area contributed by atoms with Gasteiger partial charge >= 0.3 is 0 Å². The number of thiophene rings is 1. The van der Waals surface area contributed by atoms with Gasteiger partial charge in [-0.2, -0.15) is 0 Å². The molecule has 2 aliphatic rings. The molecule has 1 amide bonds. The second-order valence-corrected chi connectivity index (χ2v) is 7.06. The summed E-state index contributed by atoms with van der Waals surface area (Å²) >= 11 is 1.51. The molecule has 1 aromatic heterocycles. The lowest BCUT2D eigenvalue weighted by Crippen LogP contribution is -2.45. The van der Waals surface area contributed by atoms with Gasteiger partial charge < -0.3 is 15.4 Å². The fourth-order valence-electron chi connectivity index (χ4n) is 3.31. The highest BCUT2D eigenvalue weighted by Gasteiger charge is 2.36. The summed E-state index contributed by atoms with van der Waals surface area (Å²) in [5, 5.41) is 0.991. The second-order valence-electron chi connectivity index (χ2n) is 6.01. The molecule has 5 heteroatoms. The third-order valence-corrected chi connectivity index (χ3v) is 5.57. The fourth-order valence-corrected chi connectivity index (χ4v) is 4.50. The summed E-state index contributed by atoms with van der Waals surface area (Å²) in [4.78, 5) is 15.4. The van der Waals surface area contributed by atoms with Crippen LogP contribution in [0.2, 0.25) is 0 Å². The molecule has 3 heterocycles. The summed E-state index contributed by atoms with van der Waals surface area (Å²) in [6.45, 7) is 3.45. The maximum absolute atomic E-state index is 12.8. The van der Waals surface area contributed by atoms with E-state index >= 15 is 0 Å². The van der Waals surface area contributed by atoms with Gasteiger partial charge in [-0.1, -0.05) is 12.1 Å². The first-order chi connectivity index (χ1) is 10.1. The number of aryl methyl sites for hydroxylation is 1. The maximum atomic E-state index is 12.8. The van der Waals surface area contributed by atoms with Gasteiger partial charge in [0, 0.05) is 23.2 Å². The molecule has 2 N–H and O–H groups in total. The van der Waals surface area contributed by atoms with Gasteiger partial charge in [0.1, 0.15) is 4.88 Å². The van der Waals surface area contributed by atoms with E-state index in [9.17, 15) is 4.79 Å².